The quantitative estimate of drug-likeness (QED) is 0.711. The number of anilines is 1. The van der Waals surface area contributed by atoms with Gasteiger partial charge in [0.05, 0.1) is 6.04 Å². The van der Waals surface area contributed by atoms with Gasteiger partial charge in [-0.2, -0.15) is 0 Å². The van der Waals surface area contributed by atoms with Crippen molar-refractivity contribution in [3.63, 3.8) is 0 Å². The fourth-order valence-corrected chi connectivity index (χ4v) is 3.41. The van der Waals surface area contributed by atoms with Gasteiger partial charge in [0.25, 0.3) is 0 Å². The van der Waals surface area contributed by atoms with E-state index >= 15 is 0 Å². The highest BCUT2D eigenvalue weighted by Crippen LogP contribution is 2.45. The molecule has 1 aromatic carbocycles. The number of carbonyl (C=O) groups excluding carboxylic acids is 1. The maximum atomic E-state index is 12.2. The molecular formula is C16H21N3O3S. The molecule has 0 aromatic heterocycles. The zero-order valence-corrected chi connectivity index (χ0v) is 14.0. The maximum Gasteiger partial charge on any atom is 0.223 e. The average Bonchev–Trinajstić information content (AvgIpc) is 2.86. The molecule has 3 rings (SSSR count). The lowest BCUT2D eigenvalue weighted by Gasteiger charge is -2.45. The Morgan fingerprint density at radius 1 is 1.52 bits per heavy atom. The van der Waals surface area contributed by atoms with Gasteiger partial charge in [-0.3, -0.25) is 4.79 Å². The van der Waals surface area contributed by atoms with Crippen LogP contribution < -0.4 is 15.8 Å². The number of hydrogen-bond acceptors (Lipinski definition) is 4. The molecule has 1 fully saturated rings. The second-order valence-corrected chi connectivity index (χ2v) is 6.97. The number of rotatable bonds is 2. The molecule has 0 aliphatic carbocycles. The molecular weight excluding hydrogens is 314 g/mol. The Bertz CT molecular complexity index is 662. The topological polar surface area (TPSA) is 87.8 Å². The summed E-state index contributed by atoms with van der Waals surface area (Å²) in [6.07, 6.45) is 0.505. The molecule has 0 bridgehead atoms. The van der Waals surface area contributed by atoms with Crippen molar-refractivity contribution in [2.75, 3.05) is 11.9 Å². The number of likely N-dealkylation sites (tertiary alicyclic amines) is 1. The smallest absolute Gasteiger partial charge is 0.223 e. The van der Waals surface area contributed by atoms with Gasteiger partial charge in [-0.1, -0.05) is 0 Å². The van der Waals surface area contributed by atoms with E-state index in [1.807, 2.05) is 32.0 Å². The van der Waals surface area contributed by atoms with Gasteiger partial charge < -0.3 is 25.8 Å². The van der Waals surface area contributed by atoms with Crippen LogP contribution in [0.25, 0.3) is 0 Å². The van der Waals surface area contributed by atoms with Gasteiger partial charge in [-0.15, -0.1) is 0 Å². The Morgan fingerprint density at radius 2 is 2.26 bits per heavy atom. The first-order chi connectivity index (χ1) is 10.8. The lowest BCUT2D eigenvalue weighted by molar-refractivity contribution is -0.139. The van der Waals surface area contributed by atoms with Gasteiger partial charge in [-0.25, -0.2) is 0 Å². The zero-order valence-electron chi connectivity index (χ0n) is 13.2. The number of hydrogen-bond donors (Lipinski definition) is 3. The van der Waals surface area contributed by atoms with Crippen LogP contribution in [0.5, 0.6) is 5.75 Å². The lowest BCUT2D eigenvalue weighted by Crippen LogP contribution is -2.53. The van der Waals surface area contributed by atoms with E-state index in [1.54, 1.807) is 4.90 Å². The Labute approximate surface area is 140 Å². The number of nitrogens with one attached hydrogen (secondary N) is 1. The van der Waals surface area contributed by atoms with Crippen molar-refractivity contribution in [2.45, 2.75) is 44.4 Å². The van der Waals surface area contributed by atoms with Crippen LogP contribution in [0.2, 0.25) is 0 Å². The Balaban J connectivity index is 2.06. The standard InChI is InChI=1S/C16H21N3O3S/c1-16(2)14(21)13(19-7-3-4-12(19)20)10-8-9(18-15(17)23)5-6-11(10)22-16/h5-6,8,13-14,21H,3-4,7H2,1-2H3,(H3,17,18,23)/t13-,14+/m1/s1. The van der Waals surface area contributed by atoms with Crippen molar-refractivity contribution < 1.29 is 14.6 Å². The molecule has 2 aliphatic heterocycles. The summed E-state index contributed by atoms with van der Waals surface area (Å²) >= 11 is 4.87. The minimum Gasteiger partial charge on any atom is -0.485 e. The Hall–Kier alpha value is -1.86. The number of nitrogens with two attached hydrogens (primary N) is 1. The fraction of sp³-hybridized carbons (Fsp3) is 0.500. The van der Waals surface area contributed by atoms with E-state index in [-0.39, 0.29) is 11.0 Å². The van der Waals surface area contributed by atoms with Crippen molar-refractivity contribution in [3.8, 4) is 5.75 Å². The molecule has 0 spiro atoms. The summed E-state index contributed by atoms with van der Waals surface area (Å²) in [5.74, 6) is 0.726. The number of amides is 1. The van der Waals surface area contributed by atoms with E-state index in [4.69, 9.17) is 22.7 Å². The molecule has 1 aromatic rings. The van der Waals surface area contributed by atoms with Crippen LogP contribution in [0.1, 0.15) is 38.3 Å². The third-order valence-electron chi connectivity index (χ3n) is 4.43. The fourth-order valence-electron chi connectivity index (χ4n) is 3.29. The second kappa shape index (κ2) is 5.65. The van der Waals surface area contributed by atoms with E-state index in [9.17, 15) is 9.90 Å². The summed E-state index contributed by atoms with van der Waals surface area (Å²) in [5, 5.41) is 13.8. The Morgan fingerprint density at radius 3 is 2.87 bits per heavy atom. The zero-order chi connectivity index (χ0) is 16.8. The number of aliphatic hydroxyl groups is 1. The Kier molecular flexibility index (Phi) is 3.93. The van der Waals surface area contributed by atoms with Gasteiger partial charge in [0.1, 0.15) is 17.5 Å². The van der Waals surface area contributed by atoms with Gasteiger partial charge >= 0.3 is 0 Å². The van der Waals surface area contributed by atoms with Crippen molar-refractivity contribution >= 4 is 28.9 Å². The summed E-state index contributed by atoms with van der Waals surface area (Å²) in [5.41, 5.74) is 6.23. The summed E-state index contributed by atoms with van der Waals surface area (Å²) in [6.45, 7) is 4.30. The van der Waals surface area contributed by atoms with Crippen LogP contribution in [0.4, 0.5) is 5.69 Å². The van der Waals surface area contributed by atoms with Crippen molar-refractivity contribution in [1.82, 2.24) is 4.90 Å². The summed E-state index contributed by atoms with van der Waals surface area (Å²) in [4.78, 5) is 14.0. The third-order valence-corrected chi connectivity index (χ3v) is 4.53. The summed E-state index contributed by atoms with van der Waals surface area (Å²) in [7, 11) is 0. The molecule has 0 radical (unpaired) electrons. The monoisotopic (exact) mass is 335 g/mol. The van der Waals surface area contributed by atoms with Gasteiger partial charge in [0.15, 0.2) is 5.11 Å². The van der Waals surface area contributed by atoms with E-state index in [0.717, 1.165) is 12.0 Å². The number of carbonyl (C=O) groups is 1. The number of aliphatic hydroxyl groups excluding tert-OH is 1. The predicted octanol–water partition coefficient (Wildman–Crippen LogP) is 1.54. The van der Waals surface area contributed by atoms with Crippen LogP contribution in [-0.2, 0) is 4.79 Å². The first-order valence-electron chi connectivity index (χ1n) is 7.66. The molecule has 23 heavy (non-hydrogen) atoms. The first kappa shape index (κ1) is 16.0. The van der Waals surface area contributed by atoms with E-state index in [0.29, 0.717) is 24.4 Å². The summed E-state index contributed by atoms with van der Waals surface area (Å²) < 4.78 is 5.94. The minimum atomic E-state index is -0.822. The largest absolute Gasteiger partial charge is 0.485 e. The van der Waals surface area contributed by atoms with Crippen molar-refractivity contribution in [3.05, 3.63) is 23.8 Å². The molecule has 124 valence electrons. The lowest BCUT2D eigenvalue weighted by atomic mass is 9.85. The second-order valence-electron chi connectivity index (χ2n) is 6.53. The summed E-state index contributed by atoms with van der Waals surface area (Å²) in [6, 6.07) is 5.03. The highest BCUT2D eigenvalue weighted by atomic mass is 32.1. The van der Waals surface area contributed by atoms with Crippen LogP contribution in [-0.4, -0.2) is 39.3 Å². The number of nitrogens with zero attached hydrogens (tertiary/aromatic N) is 1. The van der Waals surface area contributed by atoms with E-state index < -0.39 is 17.7 Å². The molecule has 4 N–H and O–H groups in total. The molecule has 0 saturated carbocycles. The van der Waals surface area contributed by atoms with Crippen LogP contribution >= 0.6 is 12.2 Å². The number of ether oxygens (including phenoxy) is 1. The van der Waals surface area contributed by atoms with E-state index in [2.05, 4.69) is 5.32 Å². The maximum absolute atomic E-state index is 12.2. The van der Waals surface area contributed by atoms with Crippen molar-refractivity contribution in [1.29, 1.82) is 0 Å². The molecule has 2 aliphatic rings. The molecule has 7 heteroatoms. The minimum absolute atomic E-state index is 0.0606. The predicted molar refractivity (Wildman–Crippen MR) is 91.3 cm³/mol. The molecule has 1 amide bonds. The van der Waals surface area contributed by atoms with Crippen LogP contribution in [0.3, 0.4) is 0 Å². The molecule has 0 unspecified atom stereocenters. The molecule has 2 heterocycles. The van der Waals surface area contributed by atoms with Crippen LogP contribution in [0.15, 0.2) is 18.2 Å². The molecule has 1 saturated heterocycles. The van der Waals surface area contributed by atoms with E-state index in [1.165, 1.54) is 0 Å². The number of benzene rings is 1. The third kappa shape index (κ3) is 2.86. The number of fused-ring (bicyclic) bond motifs is 1. The molecule has 2 atom stereocenters. The van der Waals surface area contributed by atoms with Crippen molar-refractivity contribution in [2.24, 2.45) is 5.73 Å². The first-order valence-corrected chi connectivity index (χ1v) is 8.07. The van der Waals surface area contributed by atoms with Crippen LogP contribution in [0, 0.1) is 0 Å². The van der Waals surface area contributed by atoms with Gasteiger partial charge in [-0.05, 0) is 50.7 Å². The normalized spacial score (nSPS) is 25.7. The van der Waals surface area contributed by atoms with Gasteiger partial charge in [0, 0.05) is 24.2 Å². The highest BCUT2D eigenvalue weighted by Gasteiger charge is 2.47. The number of thiocarbonyl (C=S) groups is 1. The highest BCUT2D eigenvalue weighted by molar-refractivity contribution is 7.80. The molecule has 6 nitrogen and oxygen atoms in total. The van der Waals surface area contributed by atoms with Gasteiger partial charge in [0.2, 0.25) is 5.91 Å². The SMILES string of the molecule is CC1(C)Oc2ccc(NC(N)=S)cc2[C@@H](N2CCCC2=O)[C@@H]1O. The average molecular weight is 335 g/mol.